The molecule has 26 heavy (non-hydrogen) atoms. The highest BCUT2D eigenvalue weighted by Crippen LogP contribution is 2.30. The van der Waals surface area contributed by atoms with E-state index in [1.807, 2.05) is 19.1 Å². The molecule has 0 aliphatic carbocycles. The molecule has 0 saturated carbocycles. The van der Waals surface area contributed by atoms with Crippen LogP contribution in [0.15, 0.2) is 47.0 Å². The molecule has 0 unspecified atom stereocenters. The van der Waals surface area contributed by atoms with Gasteiger partial charge in [-0.15, -0.1) is 0 Å². The highest BCUT2D eigenvalue weighted by atomic mass is 16.5. The van der Waals surface area contributed by atoms with E-state index in [2.05, 4.69) is 10.5 Å². The van der Waals surface area contributed by atoms with Crippen LogP contribution in [0.5, 0.6) is 0 Å². The van der Waals surface area contributed by atoms with Crippen LogP contribution in [0, 0.1) is 20.8 Å². The van der Waals surface area contributed by atoms with Gasteiger partial charge in [-0.1, -0.05) is 22.9 Å². The summed E-state index contributed by atoms with van der Waals surface area (Å²) in [5.74, 6) is -0.803. The number of carboxylic acids is 1. The lowest BCUT2D eigenvalue weighted by atomic mass is 10.0. The van der Waals surface area contributed by atoms with Crippen molar-refractivity contribution in [3.8, 4) is 11.1 Å². The zero-order valence-electron chi connectivity index (χ0n) is 14.7. The smallest absolute Gasteiger partial charge is 0.335 e. The minimum atomic E-state index is -1.08. The van der Waals surface area contributed by atoms with Crippen molar-refractivity contribution in [2.75, 3.05) is 5.32 Å². The van der Waals surface area contributed by atoms with Gasteiger partial charge >= 0.3 is 5.97 Å². The van der Waals surface area contributed by atoms with Gasteiger partial charge in [0.25, 0.3) is 5.91 Å². The SMILES string of the molecule is Cc1ccc(C(=O)Nc2cc(C(=O)O)cc(-c3c(C)noc3C)c2)cc1. The molecule has 0 aliphatic heterocycles. The Morgan fingerprint density at radius 1 is 1.00 bits per heavy atom. The highest BCUT2D eigenvalue weighted by Gasteiger charge is 2.16. The molecule has 0 saturated heterocycles. The maximum Gasteiger partial charge on any atom is 0.335 e. The van der Waals surface area contributed by atoms with E-state index in [9.17, 15) is 14.7 Å². The monoisotopic (exact) mass is 350 g/mol. The van der Waals surface area contributed by atoms with Gasteiger partial charge in [0.05, 0.1) is 11.3 Å². The van der Waals surface area contributed by atoms with Crippen molar-refractivity contribution in [2.24, 2.45) is 0 Å². The quantitative estimate of drug-likeness (QED) is 0.735. The lowest BCUT2D eigenvalue weighted by Crippen LogP contribution is -2.12. The normalized spacial score (nSPS) is 10.6. The Morgan fingerprint density at radius 3 is 2.27 bits per heavy atom. The third-order valence-electron chi connectivity index (χ3n) is 4.07. The Kier molecular flexibility index (Phi) is 4.58. The molecule has 1 heterocycles. The van der Waals surface area contributed by atoms with Crippen molar-refractivity contribution in [2.45, 2.75) is 20.8 Å². The summed E-state index contributed by atoms with van der Waals surface area (Å²) in [6, 6.07) is 11.8. The standard InChI is InChI=1S/C20H18N2O4/c1-11-4-6-14(7-5-11)19(23)21-17-9-15(8-16(10-17)20(24)25)18-12(2)22-26-13(18)3/h4-10H,1-3H3,(H,21,23)(H,24,25). The molecule has 6 nitrogen and oxygen atoms in total. The number of rotatable bonds is 4. The van der Waals surface area contributed by atoms with Gasteiger partial charge in [0.1, 0.15) is 5.76 Å². The van der Waals surface area contributed by atoms with Crippen LogP contribution in [0.2, 0.25) is 0 Å². The third kappa shape index (κ3) is 3.49. The molecule has 0 radical (unpaired) electrons. The zero-order chi connectivity index (χ0) is 18.8. The van der Waals surface area contributed by atoms with Crippen LogP contribution in [0.4, 0.5) is 5.69 Å². The summed E-state index contributed by atoms with van der Waals surface area (Å²) in [5.41, 5.74) is 4.01. The maximum absolute atomic E-state index is 12.4. The van der Waals surface area contributed by atoms with Gasteiger partial charge in [0.2, 0.25) is 0 Å². The Labute approximate surface area is 150 Å². The van der Waals surface area contributed by atoms with Crippen molar-refractivity contribution in [3.05, 3.63) is 70.6 Å². The molecule has 1 aromatic heterocycles. The number of carbonyl (C=O) groups is 2. The minimum Gasteiger partial charge on any atom is -0.478 e. The van der Waals surface area contributed by atoms with Crippen LogP contribution in [-0.2, 0) is 0 Å². The fraction of sp³-hybridized carbons (Fsp3) is 0.150. The molecule has 0 aliphatic rings. The van der Waals surface area contributed by atoms with Gasteiger partial charge in [-0.25, -0.2) is 4.79 Å². The number of nitrogens with zero attached hydrogens (tertiary/aromatic N) is 1. The molecular formula is C20H18N2O4. The fourth-order valence-corrected chi connectivity index (χ4v) is 2.77. The predicted molar refractivity (Wildman–Crippen MR) is 97.5 cm³/mol. The fourth-order valence-electron chi connectivity index (χ4n) is 2.77. The molecule has 3 rings (SSSR count). The van der Waals surface area contributed by atoms with Crippen molar-refractivity contribution in [1.82, 2.24) is 5.16 Å². The molecule has 0 atom stereocenters. The number of benzene rings is 2. The topological polar surface area (TPSA) is 92.4 Å². The molecule has 3 aromatic rings. The highest BCUT2D eigenvalue weighted by molar-refractivity contribution is 6.05. The summed E-state index contributed by atoms with van der Waals surface area (Å²) in [7, 11) is 0. The lowest BCUT2D eigenvalue weighted by Gasteiger charge is -2.10. The van der Waals surface area contributed by atoms with Gasteiger partial charge in [-0.3, -0.25) is 4.79 Å². The molecule has 2 aromatic carbocycles. The summed E-state index contributed by atoms with van der Waals surface area (Å²) in [6.45, 7) is 5.48. The van der Waals surface area contributed by atoms with Crippen molar-refractivity contribution in [3.63, 3.8) is 0 Å². The zero-order valence-corrected chi connectivity index (χ0v) is 14.7. The number of hydrogen-bond donors (Lipinski definition) is 2. The first-order valence-corrected chi connectivity index (χ1v) is 8.05. The summed E-state index contributed by atoms with van der Waals surface area (Å²) in [4.78, 5) is 23.9. The average Bonchev–Trinajstić information content (AvgIpc) is 2.93. The first-order chi connectivity index (χ1) is 12.3. The number of carbonyl (C=O) groups excluding carboxylic acids is 1. The van der Waals surface area contributed by atoms with E-state index in [-0.39, 0.29) is 11.5 Å². The number of hydrogen-bond acceptors (Lipinski definition) is 4. The Hall–Kier alpha value is -3.41. The van der Waals surface area contributed by atoms with Crippen LogP contribution >= 0.6 is 0 Å². The second kappa shape index (κ2) is 6.84. The Morgan fingerprint density at radius 2 is 1.69 bits per heavy atom. The first-order valence-electron chi connectivity index (χ1n) is 8.05. The summed E-state index contributed by atoms with van der Waals surface area (Å²) < 4.78 is 5.17. The van der Waals surface area contributed by atoms with Gasteiger partial charge in [0.15, 0.2) is 0 Å². The minimum absolute atomic E-state index is 0.0710. The summed E-state index contributed by atoms with van der Waals surface area (Å²) in [5, 5.41) is 16.1. The van der Waals surface area contributed by atoms with E-state index in [1.54, 1.807) is 32.0 Å². The lowest BCUT2D eigenvalue weighted by molar-refractivity contribution is 0.0696. The second-order valence-corrected chi connectivity index (χ2v) is 6.12. The van der Waals surface area contributed by atoms with Gasteiger partial charge < -0.3 is 14.9 Å². The van der Waals surface area contributed by atoms with Gasteiger partial charge in [0, 0.05) is 16.8 Å². The summed E-state index contributed by atoms with van der Waals surface area (Å²) in [6.07, 6.45) is 0. The molecule has 0 bridgehead atoms. The van der Waals surface area contributed by atoms with Crippen molar-refractivity contribution in [1.29, 1.82) is 0 Å². The van der Waals surface area contributed by atoms with Crippen LogP contribution in [0.1, 0.15) is 37.7 Å². The molecule has 6 heteroatoms. The van der Waals surface area contributed by atoms with Crippen LogP contribution in [-0.4, -0.2) is 22.1 Å². The van der Waals surface area contributed by atoms with Gasteiger partial charge in [-0.05, 0) is 56.7 Å². The number of aryl methyl sites for hydroxylation is 3. The summed E-state index contributed by atoms with van der Waals surface area (Å²) >= 11 is 0. The van der Waals surface area contributed by atoms with E-state index in [0.717, 1.165) is 11.1 Å². The number of carboxylic acid groups (broad SMARTS) is 1. The predicted octanol–water partition coefficient (Wildman–Crippen LogP) is 4.22. The number of amides is 1. The van der Waals surface area contributed by atoms with E-state index < -0.39 is 5.97 Å². The molecule has 0 fully saturated rings. The Balaban J connectivity index is 2.00. The molecule has 132 valence electrons. The number of aromatic nitrogens is 1. The van der Waals surface area contributed by atoms with E-state index in [4.69, 9.17) is 4.52 Å². The van der Waals surface area contributed by atoms with Crippen LogP contribution < -0.4 is 5.32 Å². The molecule has 0 spiro atoms. The van der Waals surface area contributed by atoms with Gasteiger partial charge in [-0.2, -0.15) is 0 Å². The number of anilines is 1. The maximum atomic E-state index is 12.4. The third-order valence-corrected chi connectivity index (χ3v) is 4.07. The van der Waals surface area contributed by atoms with Crippen LogP contribution in [0.3, 0.4) is 0 Å². The second-order valence-electron chi connectivity index (χ2n) is 6.12. The molecule has 1 amide bonds. The van der Waals surface area contributed by atoms with Crippen molar-refractivity contribution < 1.29 is 19.2 Å². The van der Waals surface area contributed by atoms with E-state index in [0.29, 0.717) is 28.3 Å². The molecular weight excluding hydrogens is 332 g/mol. The van der Waals surface area contributed by atoms with E-state index in [1.165, 1.54) is 12.1 Å². The largest absolute Gasteiger partial charge is 0.478 e. The average molecular weight is 350 g/mol. The van der Waals surface area contributed by atoms with Crippen LogP contribution in [0.25, 0.3) is 11.1 Å². The number of nitrogens with one attached hydrogen (secondary N) is 1. The van der Waals surface area contributed by atoms with E-state index >= 15 is 0 Å². The Bertz CT molecular complexity index is 968. The van der Waals surface area contributed by atoms with Crippen molar-refractivity contribution >= 4 is 17.6 Å². The number of aromatic carboxylic acids is 1. The molecule has 2 N–H and O–H groups in total. The first kappa shape index (κ1) is 17.4.